The van der Waals surface area contributed by atoms with Gasteiger partial charge in [-0.1, -0.05) is 46.9 Å². The van der Waals surface area contributed by atoms with Crippen LogP contribution in [0.15, 0.2) is 42.5 Å². The van der Waals surface area contributed by atoms with Crippen LogP contribution in [0, 0.1) is 0 Å². The molecule has 0 radical (unpaired) electrons. The molecule has 0 atom stereocenters. The summed E-state index contributed by atoms with van der Waals surface area (Å²) < 4.78 is 0. The van der Waals surface area contributed by atoms with Gasteiger partial charge in [0.15, 0.2) is 5.78 Å². The van der Waals surface area contributed by atoms with E-state index in [1.54, 1.807) is 18.2 Å². The van der Waals surface area contributed by atoms with Crippen molar-refractivity contribution < 1.29 is 4.79 Å². The molecular weight excluding hydrogens is 303 g/mol. The molecule has 0 heterocycles. The molecule has 4 heteroatoms. The highest BCUT2D eigenvalue weighted by atomic mass is 35.5. The molecular formula is C15H11Cl3O. The standard InChI is InChI=1S/C15H11Cl3O/c16-12-3-1-2-10(8-12)4-7-15(19)11-5-6-13(17)14(18)9-11/h1-3,5-6,8-9H,4,7H2. The van der Waals surface area contributed by atoms with Crippen LogP contribution in [-0.2, 0) is 6.42 Å². The number of aryl methyl sites for hydroxylation is 1. The molecule has 0 unspecified atom stereocenters. The highest BCUT2D eigenvalue weighted by Crippen LogP contribution is 2.23. The Bertz CT molecular complexity index is 608. The molecule has 0 N–H and O–H groups in total. The van der Waals surface area contributed by atoms with E-state index in [4.69, 9.17) is 34.8 Å². The van der Waals surface area contributed by atoms with E-state index in [0.717, 1.165) is 5.56 Å². The van der Waals surface area contributed by atoms with Crippen LogP contribution >= 0.6 is 34.8 Å². The second-order valence-corrected chi connectivity index (χ2v) is 5.43. The van der Waals surface area contributed by atoms with E-state index in [2.05, 4.69) is 0 Å². The minimum absolute atomic E-state index is 0.0403. The third kappa shape index (κ3) is 3.97. The number of hydrogen-bond acceptors (Lipinski definition) is 1. The summed E-state index contributed by atoms with van der Waals surface area (Å²) in [6.07, 6.45) is 1.07. The van der Waals surface area contributed by atoms with Crippen LogP contribution in [-0.4, -0.2) is 5.78 Å². The number of halogens is 3. The number of Topliss-reactive ketones (excluding diaryl/α,β-unsaturated/α-hetero) is 1. The normalized spacial score (nSPS) is 10.5. The Balaban J connectivity index is 2.03. The molecule has 0 bridgehead atoms. The first kappa shape index (κ1) is 14.4. The molecule has 98 valence electrons. The molecule has 2 rings (SSSR count). The quantitative estimate of drug-likeness (QED) is 0.685. The smallest absolute Gasteiger partial charge is 0.163 e. The Kier molecular flexibility index (Phi) is 4.87. The SMILES string of the molecule is O=C(CCc1cccc(Cl)c1)c1ccc(Cl)c(Cl)c1. The fraction of sp³-hybridized carbons (Fsp3) is 0.133. The predicted octanol–water partition coefficient (Wildman–Crippen LogP) is 5.46. The van der Waals surface area contributed by atoms with E-state index in [0.29, 0.717) is 33.5 Å². The summed E-state index contributed by atoms with van der Waals surface area (Å²) in [5, 5.41) is 1.53. The highest BCUT2D eigenvalue weighted by Gasteiger charge is 2.08. The predicted molar refractivity (Wildman–Crippen MR) is 80.6 cm³/mol. The Morgan fingerprint density at radius 2 is 1.74 bits per heavy atom. The van der Waals surface area contributed by atoms with Crippen LogP contribution in [0.2, 0.25) is 15.1 Å². The van der Waals surface area contributed by atoms with E-state index < -0.39 is 0 Å². The van der Waals surface area contributed by atoms with Gasteiger partial charge < -0.3 is 0 Å². The van der Waals surface area contributed by atoms with Crippen LogP contribution in [0.1, 0.15) is 22.3 Å². The van der Waals surface area contributed by atoms with Crippen LogP contribution in [0.25, 0.3) is 0 Å². The van der Waals surface area contributed by atoms with Gasteiger partial charge in [0, 0.05) is 17.0 Å². The van der Waals surface area contributed by atoms with E-state index in [1.807, 2.05) is 24.3 Å². The van der Waals surface area contributed by atoms with Gasteiger partial charge in [0.05, 0.1) is 10.0 Å². The summed E-state index contributed by atoms with van der Waals surface area (Å²) in [5.74, 6) is 0.0403. The number of ketones is 1. The number of carbonyl (C=O) groups is 1. The first-order valence-electron chi connectivity index (χ1n) is 5.79. The van der Waals surface area contributed by atoms with Gasteiger partial charge in [0.1, 0.15) is 0 Å². The summed E-state index contributed by atoms with van der Waals surface area (Å²) in [5.41, 5.74) is 1.62. The van der Waals surface area contributed by atoms with Crippen LogP contribution in [0.5, 0.6) is 0 Å². The second-order valence-electron chi connectivity index (χ2n) is 4.18. The number of hydrogen-bond donors (Lipinski definition) is 0. The minimum Gasteiger partial charge on any atom is -0.294 e. The molecule has 0 aliphatic carbocycles. The molecule has 0 aliphatic heterocycles. The average molecular weight is 314 g/mol. The van der Waals surface area contributed by atoms with Crippen molar-refractivity contribution in [2.75, 3.05) is 0 Å². The van der Waals surface area contributed by atoms with Crippen molar-refractivity contribution in [2.24, 2.45) is 0 Å². The third-order valence-electron chi connectivity index (χ3n) is 2.77. The highest BCUT2D eigenvalue weighted by molar-refractivity contribution is 6.42. The maximum Gasteiger partial charge on any atom is 0.163 e. The largest absolute Gasteiger partial charge is 0.294 e. The van der Waals surface area contributed by atoms with Crippen LogP contribution < -0.4 is 0 Å². The van der Waals surface area contributed by atoms with Crippen molar-refractivity contribution in [3.8, 4) is 0 Å². The Labute approximate surface area is 127 Å². The zero-order valence-corrected chi connectivity index (χ0v) is 12.3. The second kappa shape index (κ2) is 6.42. The maximum atomic E-state index is 12.0. The van der Waals surface area contributed by atoms with Crippen molar-refractivity contribution in [3.05, 3.63) is 68.7 Å². The lowest BCUT2D eigenvalue weighted by Crippen LogP contribution is -2.01. The molecule has 0 saturated heterocycles. The average Bonchev–Trinajstić information content (AvgIpc) is 2.39. The van der Waals surface area contributed by atoms with Gasteiger partial charge in [0.2, 0.25) is 0 Å². The number of rotatable bonds is 4. The summed E-state index contributed by atoms with van der Waals surface area (Å²) in [7, 11) is 0. The molecule has 0 aromatic heterocycles. The van der Waals surface area contributed by atoms with Crippen molar-refractivity contribution in [1.29, 1.82) is 0 Å². The molecule has 0 spiro atoms. The van der Waals surface area contributed by atoms with Gasteiger partial charge in [-0.25, -0.2) is 0 Å². The van der Waals surface area contributed by atoms with E-state index in [9.17, 15) is 4.79 Å². The first-order chi connectivity index (χ1) is 9.06. The molecule has 0 aliphatic rings. The lowest BCUT2D eigenvalue weighted by molar-refractivity contribution is 0.0983. The topological polar surface area (TPSA) is 17.1 Å². The molecule has 0 saturated carbocycles. The molecule has 0 amide bonds. The lowest BCUT2D eigenvalue weighted by Gasteiger charge is -2.04. The van der Waals surface area contributed by atoms with Gasteiger partial charge >= 0.3 is 0 Å². The van der Waals surface area contributed by atoms with Crippen LogP contribution in [0.4, 0.5) is 0 Å². The van der Waals surface area contributed by atoms with Crippen molar-refractivity contribution in [1.82, 2.24) is 0 Å². The molecule has 1 nitrogen and oxygen atoms in total. The zero-order valence-electron chi connectivity index (χ0n) is 10.00. The fourth-order valence-corrected chi connectivity index (χ4v) is 2.28. The lowest BCUT2D eigenvalue weighted by atomic mass is 10.0. The van der Waals surface area contributed by atoms with Crippen LogP contribution in [0.3, 0.4) is 0 Å². The third-order valence-corrected chi connectivity index (χ3v) is 3.75. The summed E-state index contributed by atoms with van der Waals surface area (Å²) >= 11 is 17.6. The van der Waals surface area contributed by atoms with Crippen molar-refractivity contribution in [2.45, 2.75) is 12.8 Å². The molecule has 19 heavy (non-hydrogen) atoms. The summed E-state index contributed by atoms with van der Waals surface area (Å²) in [6.45, 7) is 0. The molecule has 2 aromatic rings. The van der Waals surface area contributed by atoms with Crippen molar-refractivity contribution in [3.63, 3.8) is 0 Å². The number of benzene rings is 2. The number of carbonyl (C=O) groups excluding carboxylic acids is 1. The fourth-order valence-electron chi connectivity index (χ4n) is 1.76. The van der Waals surface area contributed by atoms with Gasteiger partial charge in [-0.2, -0.15) is 0 Å². The van der Waals surface area contributed by atoms with Gasteiger partial charge in [0.25, 0.3) is 0 Å². The molecule has 2 aromatic carbocycles. The van der Waals surface area contributed by atoms with Gasteiger partial charge in [-0.3, -0.25) is 4.79 Å². The van der Waals surface area contributed by atoms with Gasteiger partial charge in [-0.05, 0) is 42.3 Å². The van der Waals surface area contributed by atoms with E-state index in [-0.39, 0.29) is 5.78 Å². The molecule has 0 fully saturated rings. The zero-order chi connectivity index (χ0) is 13.8. The Morgan fingerprint density at radius 1 is 0.947 bits per heavy atom. The Morgan fingerprint density at radius 3 is 2.42 bits per heavy atom. The maximum absolute atomic E-state index is 12.0. The first-order valence-corrected chi connectivity index (χ1v) is 6.92. The van der Waals surface area contributed by atoms with Gasteiger partial charge in [-0.15, -0.1) is 0 Å². The van der Waals surface area contributed by atoms with E-state index >= 15 is 0 Å². The Hall–Kier alpha value is -1.02. The minimum atomic E-state index is 0.0403. The van der Waals surface area contributed by atoms with E-state index in [1.165, 1.54) is 0 Å². The van der Waals surface area contributed by atoms with Crippen molar-refractivity contribution >= 4 is 40.6 Å². The monoisotopic (exact) mass is 312 g/mol. The summed E-state index contributed by atoms with van der Waals surface area (Å²) in [4.78, 5) is 12.0. The summed E-state index contributed by atoms with van der Waals surface area (Å²) in [6, 6.07) is 12.4.